The second-order valence-corrected chi connectivity index (χ2v) is 4.37. The highest BCUT2D eigenvalue weighted by Gasteiger charge is 2.10. The van der Waals surface area contributed by atoms with Crippen LogP contribution in [0, 0.1) is 12.7 Å². The number of hydrogen-bond acceptors (Lipinski definition) is 4. The van der Waals surface area contributed by atoms with Crippen molar-refractivity contribution >= 4 is 0 Å². The monoisotopic (exact) mass is 249 g/mol. The molecule has 0 bridgehead atoms. The summed E-state index contributed by atoms with van der Waals surface area (Å²) in [5.41, 5.74) is 7.79. The number of nitrogens with two attached hydrogens (primary N) is 1. The molecule has 18 heavy (non-hydrogen) atoms. The second kappa shape index (κ2) is 5.22. The molecule has 1 aromatic carbocycles. The van der Waals surface area contributed by atoms with Crippen LogP contribution in [0.4, 0.5) is 4.39 Å². The van der Waals surface area contributed by atoms with Crippen LogP contribution in [-0.2, 0) is 13.0 Å². The molecular formula is C12H16FN5. The third kappa shape index (κ3) is 2.70. The van der Waals surface area contributed by atoms with E-state index in [0.29, 0.717) is 12.4 Å². The number of nitrogens with zero attached hydrogens (tertiary/aromatic N) is 4. The van der Waals surface area contributed by atoms with Crippen LogP contribution in [0.3, 0.4) is 0 Å². The fraction of sp³-hybridized carbons (Fsp3) is 0.417. The van der Waals surface area contributed by atoms with E-state index in [1.807, 2.05) is 13.8 Å². The zero-order valence-electron chi connectivity index (χ0n) is 10.5. The molecule has 0 aliphatic heterocycles. The summed E-state index contributed by atoms with van der Waals surface area (Å²) in [7, 11) is 0. The number of tetrazole rings is 1. The Labute approximate surface area is 105 Å². The van der Waals surface area contributed by atoms with Gasteiger partial charge in [0.2, 0.25) is 0 Å². The van der Waals surface area contributed by atoms with E-state index in [2.05, 4.69) is 15.5 Å². The summed E-state index contributed by atoms with van der Waals surface area (Å²) in [6, 6.07) is 4.59. The molecule has 0 aliphatic carbocycles. The molecule has 6 heteroatoms. The molecule has 5 nitrogen and oxygen atoms in total. The van der Waals surface area contributed by atoms with Crippen molar-refractivity contribution < 1.29 is 4.39 Å². The second-order valence-electron chi connectivity index (χ2n) is 4.37. The highest BCUT2D eigenvalue weighted by atomic mass is 19.1. The van der Waals surface area contributed by atoms with Gasteiger partial charge >= 0.3 is 0 Å². The van der Waals surface area contributed by atoms with Gasteiger partial charge in [0, 0.05) is 6.54 Å². The van der Waals surface area contributed by atoms with Crippen LogP contribution in [-0.4, -0.2) is 20.2 Å². The molecule has 0 radical (unpaired) electrons. The number of halogens is 1. The fourth-order valence-electron chi connectivity index (χ4n) is 1.86. The number of aromatic nitrogens is 4. The first kappa shape index (κ1) is 12.6. The van der Waals surface area contributed by atoms with Gasteiger partial charge in [0.25, 0.3) is 0 Å². The molecule has 1 aromatic heterocycles. The lowest BCUT2D eigenvalue weighted by Crippen LogP contribution is -2.15. The molecule has 96 valence electrons. The summed E-state index contributed by atoms with van der Waals surface area (Å²) < 4.78 is 14.7. The molecule has 1 unspecified atom stereocenters. The van der Waals surface area contributed by atoms with E-state index >= 15 is 0 Å². The van der Waals surface area contributed by atoms with Crippen molar-refractivity contribution in [3.8, 4) is 0 Å². The van der Waals surface area contributed by atoms with E-state index in [1.165, 1.54) is 12.1 Å². The summed E-state index contributed by atoms with van der Waals surface area (Å²) in [4.78, 5) is 0. The molecule has 0 saturated heterocycles. The lowest BCUT2D eigenvalue weighted by Gasteiger charge is -2.08. The van der Waals surface area contributed by atoms with Crippen LogP contribution in [0.2, 0.25) is 0 Å². The molecule has 2 aromatic rings. The first-order valence-electron chi connectivity index (χ1n) is 5.84. The minimum absolute atomic E-state index is 0.200. The summed E-state index contributed by atoms with van der Waals surface area (Å²) in [6.45, 7) is 4.37. The van der Waals surface area contributed by atoms with Gasteiger partial charge in [0.15, 0.2) is 5.82 Å². The quantitative estimate of drug-likeness (QED) is 0.888. The number of benzene rings is 1. The minimum Gasteiger partial charge on any atom is -0.322 e. The largest absolute Gasteiger partial charge is 0.322 e. The SMILES string of the molecule is Cc1cc(F)ccc1CCn1nnnc1C(C)N. The fourth-order valence-corrected chi connectivity index (χ4v) is 1.86. The van der Waals surface area contributed by atoms with Gasteiger partial charge in [-0.25, -0.2) is 9.07 Å². The highest BCUT2D eigenvalue weighted by molar-refractivity contribution is 5.26. The van der Waals surface area contributed by atoms with Crippen molar-refractivity contribution in [2.45, 2.75) is 32.9 Å². The Morgan fingerprint density at radius 1 is 1.44 bits per heavy atom. The van der Waals surface area contributed by atoms with E-state index in [4.69, 9.17) is 5.73 Å². The zero-order valence-corrected chi connectivity index (χ0v) is 10.5. The molecule has 0 amide bonds. The van der Waals surface area contributed by atoms with Gasteiger partial charge < -0.3 is 5.73 Å². The Hall–Kier alpha value is -1.82. The first-order chi connectivity index (χ1) is 8.58. The zero-order chi connectivity index (χ0) is 13.1. The van der Waals surface area contributed by atoms with Crippen molar-refractivity contribution in [2.24, 2.45) is 5.73 Å². The minimum atomic E-state index is -0.213. The molecule has 2 rings (SSSR count). The van der Waals surface area contributed by atoms with E-state index in [1.54, 1.807) is 10.7 Å². The van der Waals surface area contributed by atoms with Crippen molar-refractivity contribution in [1.29, 1.82) is 0 Å². The summed E-state index contributed by atoms with van der Waals surface area (Å²) in [6.07, 6.45) is 0.747. The summed E-state index contributed by atoms with van der Waals surface area (Å²) in [5, 5.41) is 11.4. The maximum absolute atomic E-state index is 13.0. The molecule has 1 atom stereocenters. The van der Waals surface area contributed by atoms with Crippen molar-refractivity contribution in [3.63, 3.8) is 0 Å². The topological polar surface area (TPSA) is 69.6 Å². The maximum atomic E-state index is 13.0. The third-order valence-electron chi connectivity index (χ3n) is 2.86. The van der Waals surface area contributed by atoms with Gasteiger partial charge in [-0.1, -0.05) is 6.07 Å². The average Bonchev–Trinajstić information content (AvgIpc) is 2.76. The smallest absolute Gasteiger partial charge is 0.167 e. The van der Waals surface area contributed by atoms with Crippen LogP contribution < -0.4 is 5.73 Å². The van der Waals surface area contributed by atoms with Gasteiger partial charge in [-0.15, -0.1) is 5.10 Å². The normalized spacial score (nSPS) is 12.7. The lowest BCUT2D eigenvalue weighted by atomic mass is 10.1. The molecule has 0 saturated carbocycles. The Morgan fingerprint density at radius 2 is 2.22 bits per heavy atom. The van der Waals surface area contributed by atoms with Gasteiger partial charge in [0.1, 0.15) is 5.82 Å². The average molecular weight is 249 g/mol. The van der Waals surface area contributed by atoms with Gasteiger partial charge in [0.05, 0.1) is 6.04 Å². The van der Waals surface area contributed by atoms with Gasteiger partial charge in [-0.05, 0) is 54.0 Å². The number of rotatable bonds is 4. The molecule has 0 aliphatic rings. The Balaban J connectivity index is 2.09. The summed E-state index contributed by atoms with van der Waals surface area (Å²) >= 11 is 0. The van der Waals surface area contributed by atoms with Crippen LogP contribution in [0.15, 0.2) is 18.2 Å². The van der Waals surface area contributed by atoms with Crippen molar-refractivity contribution in [2.75, 3.05) is 0 Å². The van der Waals surface area contributed by atoms with Crippen LogP contribution in [0.1, 0.15) is 29.9 Å². The van der Waals surface area contributed by atoms with Crippen LogP contribution in [0.25, 0.3) is 0 Å². The molecule has 1 heterocycles. The molecule has 2 N–H and O–H groups in total. The van der Waals surface area contributed by atoms with E-state index < -0.39 is 0 Å². The Kier molecular flexibility index (Phi) is 3.66. The predicted octanol–water partition coefficient (Wildman–Crippen LogP) is 1.38. The van der Waals surface area contributed by atoms with E-state index in [9.17, 15) is 4.39 Å². The maximum Gasteiger partial charge on any atom is 0.167 e. The van der Waals surface area contributed by atoms with Gasteiger partial charge in [-0.2, -0.15) is 0 Å². The Bertz CT molecular complexity index is 535. The molecule has 0 fully saturated rings. The summed E-state index contributed by atoms with van der Waals surface area (Å²) in [5.74, 6) is 0.449. The molecular weight excluding hydrogens is 233 g/mol. The van der Waals surface area contributed by atoms with Crippen molar-refractivity contribution in [1.82, 2.24) is 20.2 Å². The first-order valence-corrected chi connectivity index (χ1v) is 5.84. The standard InChI is InChI=1S/C12H16FN5/c1-8-7-11(13)4-3-10(8)5-6-18-12(9(2)14)15-16-17-18/h3-4,7,9H,5-6,14H2,1-2H3. The number of aryl methyl sites for hydroxylation is 3. The number of hydrogen-bond donors (Lipinski definition) is 1. The van der Waals surface area contributed by atoms with E-state index in [0.717, 1.165) is 17.5 Å². The molecule has 0 spiro atoms. The van der Waals surface area contributed by atoms with Crippen LogP contribution >= 0.6 is 0 Å². The van der Waals surface area contributed by atoms with E-state index in [-0.39, 0.29) is 11.9 Å². The van der Waals surface area contributed by atoms with Crippen molar-refractivity contribution in [3.05, 3.63) is 41.0 Å². The predicted molar refractivity (Wildman–Crippen MR) is 65.3 cm³/mol. The highest BCUT2D eigenvalue weighted by Crippen LogP contribution is 2.12. The Morgan fingerprint density at radius 3 is 2.89 bits per heavy atom. The third-order valence-corrected chi connectivity index (χ3v) is 2.86. The van der Waals surface area contributed by atoms with Crippen LogP contribution in [0.5, 0.6) is 0 Å². The van der Waals surface area contributed by atoms with Gasteiger partial charge in [-0.3, -0.25) is 0 Å². The lowest BCUT2D eigenvalue weighted by molar-refractivity contribution is 0.542.